The van der Waals surface area contributed by atoms with Gasteiger partial charge in [0.25, 0.3) is 0 Å². The molecule has 0 spiro atoms. The fourth-order valence-corrected chi connectivity index (χ4v) is 6.03. The zero-order valence-corrected chi connectivity index (χ0v) is 18.1. The Morgan fingerprint density at radius 2 is 0.848 bits per heavy atom. The number of aromatic hydroxyl groups is 4. The summed E-state index contributed by atoms with van der Waals surface area (Å²) in [4.78, 5) is 0. The van der Waals surface area contributed by atoms with Gasteiger partial charge in [0.05, 0.1) is 0 Å². The maximum atomic E-state index is 11.1. The van der Waals surface area contributed by atoms with Crippen LogP contribution in [0.2, 0.25) is 0 Å². The molecule has 1 fully saturated rings. The van der Waals surface area contributed by atoms with E-state index in [1.807, 2.05) is 48.5 Å². The van der Waals surface area contributed by atoms with E-state index >= 15 is 0 Å². The van der Waals surface area contributed by atoms with Gasteiger partial charge < -0.3 is 20.4 Å². The summed E-state index contributed by atoms with van der Waals surface area (Å²) in [6.45, 7) is 0. The van der Waals surface area contributed by atoms with Gasteiger partial charge in [-0.05, 0) is 60.4 Å². The van der Waals surface area contributed by atoms with Gasteiger partial charge in [0.1, 0.15) is 23.0 Å². The van der Waals surface area contributed by atoms with Gasteiger partial charge in [-0.15, -0.1) is 0 Å². The quantitative estimate of drug-likeness (QED) is 0.317. The van der Waals surface area contributed by atoms with Crippen molar-refractivity contribution in [3.05, 3.63) is 119 Å². The minimum absolute atomic E-state index is 0.171. The molecular weight excluding hydrogens is 412 g/mol. The van der Waals surface area contributed by atoms with Gasteiger partial charge in [-0.1, -0.05) is 67.1 Å². The SMILES string of the molecule is Oc1ccc(C2(c3ccc(O)cc3)CCCC2(c2ccccc2O)c2ccccc2O)cc1. The van der Waals surface area contributed by atoms with Crippen molar-refractivity contribution in [2.24, 2.45) is 0 Å². The van der Waals surface area contributed by atoms with E-state index in [1.165, 1.54) is 0 Å². The minimum Gasteiger partial charge on any atom is -0.508 e. The van der Waals surface area contributed by atoms with E-state index in [0.29, 0.717) is 6.42 Å². The molecule has 0 unspecified atom stereocenters. The van der Waals surface area contributed by atoms with Crippen LogP contribution >= 0.6 is 0 Å². The molecule has 4 aromatic carbocycles. The normalized spacial score (nSPS) is 16.5. The highest BCUT2D eigenvalue weighted by Gasteiger charge is 2.60. The van der Waals surface area contributed by atoms with Crippen LogP contribution in [0.4, 0.5) is 0 Å². The standard InChI is InChI=1S/C29H26O4/c30-22-14-10-20(11-15-22)28(21-12-16-23(31)17-13-21)18-5-19-29(28,24-6-1-3-8-26(24)32)25-7-2-4-9-27(25)33/h1-4,6-17,30-33H,5,18-19H2. The van der Waals surface area contributed by atoms with Crippen molar-refractivity contribution in [3.63, 3.8) is 0 Å². The van der Waals surface area contributed by atoms with Crippen LogP contribution in [0.15, 0.2) is 97.1 Å². The fourth-order valence-electron chi connectivity index (χ4n) is 6.03. The van der Waals surface area contributed by atoms with Crippen molar-refractivity contribution in [3.8, 4) is 23.0 Å². The first-order valence-electron chi connectivity index (χ1n) is 11.1. The number of para-hydroxylation sites is 2. The Hall–Kier alpha value is -3.92. The van der Waals surface area contributed by atoms with Crippen LogP contribution in [0, 0.1) is 0 Å². The molecule has 0 aromatic heterocycles. The Kier molecular flexibility index (Phi) is 5.01. The summed E-state index contributed by atoms with van der Waals surface area (Å²) < 4.78 is 0. The molecule has 0 amide bonds. The number of phenolic OH excluding ortho intramolecular Hbond substituents is 4. The topological polar surface area (TPSA) is 80.9 Å². The largest absolute Gasteiger partial charge is 0.508 e. The predicted octanol–water partition coefficient (Wildman–Crippen LogP) is 5.97. The molecule has 33 heavy (non-hydrogen) atoms. The maximum Gasteiger partial charge on any atom is 0.119 e. The molecule has 166 valence electrons. The molecule has 0 bridgehead atoms. The average molecular weight is 439 g/mol. The van der Waals surface area contributed by atoms with E-state index in [9.17, 15) is 20.4 Å². The Bertz CT molecular complexity index is 1180. The van der Waals surface area contributed by atoms with Gasteiger partial charge in [0, 0.05) is 22.0 Å². The molecule has 0 heterocycles. The van der Waals surface area contributed by atoms with E-state index in [4.69, 9.17) is 0 Å². The summed E-state index contributed by atoms with van der Waals surface area (Å²) >= 11 is 0. The third-order valence-corrected chi connectivity index (χ3v) is 7.28. The van der Waals surface area contributed by atoms with E-state index < -0.39 is 10.8 Å². The third kappa shape index (κ3) is 3.05. The zero-order valence-electron chi connectivity index (χ0n) is 18.1. The summed E-state index contributed by atoms with van der Waals surface area (Å²) in [5.74, 6) is 0.691. The Labute approximate surface area is 193 Å². The van der Waals surface area contributed by atoms with Crippen LogP contribution in [0.25, 0.3) is 0 Å². The zero-order chi connectivity index (χ0) is 23.1. The predicted molar refractivity (Wildman–Crippen MR) is 128 cm³/mol. The molecule has 5 rings (SSSR count). The third-order valence-electron chi connectivity index (χ3n) is 7.28. The number of hydrogen-bond donors (Lipinski definition) is 4. The van der Waals surface area contributed by atoms with Gasteiger partial charge in [0.15, 0.2) is 0 Å². The van der Waals surface area contributed by atoms with E-state index in [0.717, 1.165) is 35.1 Å². The van der Waals surface area contributed by atoms with Crippen LogP contribution in [0.3, 0.4) is 0 Å². The highest BCUT2D eigenvalue weighted by Crippen LogP contribution is 2.64. The van der Waals surface area contributed by atoms with Crippen molar-refractivity contribution in [2.45, 2.75) is 30.1 Å². The molecule has 1 aliphatic rings. The number of hydrogen-bond acceptors (Lipinski definition) is 4. The van der Waals surface area contributed by atoms with Crippen molar-refractivity contribution in [2.75, 3.05) is 0 Å². The molecule has 0 atom stereocenters. The van der Waals surface area contributed by atoms with Gasteiger partial charge in [-0.3, -0.25) is 0 Å². The van der Waals surface area contributed by atoms with Crippen LogP contribution < -0.4 is 0 Å². The van der Waals surface area contributed by atoms with Crippen molar-refractivity contribution >= 4 is 0 Å². The first kappa shape index (κ1) is 21.0. The lowest BCUT2D eigenvalue weighted by atomic mass is 9.53. The highest BCUT2D eigenvalue weighted by atomic mass is 16.3. The molecule has 0 saturated heterocycles. The Balaban J connectivity index is 1.95. The summed E-state index contributed by atoms with van der Waals surface area (Å²) in [5, 5.41) is 42.3. The summed E-state index contributed by atoms with van der Waals surface area (Å²) in [6.07, 6.45) is 2.31. The second-order valence-electron chi connectivity index (χ2n) is 8.79. The summed E-state index contributed by atoms with van der Waals surface area (Å²) in [5.41, 5.74) is 1.95. The minimum atomic E-state index is -0.794. The van der Waals surface area contributed by atoms with Gasteiger partial charge in [0.2, 0.25) is 0 Å². The monoisotopic (exact) mass is 438 g/mol. The molecule has 1 aliphatic carbocycles. The lowest BCUT2D eigenvalue weighted by Gasteiger charge is -2.48. The first-order chi connectivity index (χ1) is 16.0. The molecule has 0 radical (unpaired) electrons. The molecule has 1 saturated carbocycles. The second-order valence-corrected chi connectivity index (χ2v) is 8.79. The fraction of sp³-hybridized carbons (Fsp3) is 0.172. The van der Waals surface area contributed by atoms with Crippen molar-refractivity contribution in [1.82, 2.24) is 0 Å². The lowest BCUT2D eigenvalue weighted by molar-refractivity contribution is 0.329. The number of phenols is 4. The molecular formula is C29H26O4. The van der Waals surface area contributed by atoms with Gasteiger partial charge in [-0.2, -0.15) is 0 Å². The second kappa shape index (κ2) is 7.89. The number of benzene rings is 4. The average Bonchev–Trinajstić information content (AvgIpc) is 3.22. The van der Waals surface area contributed by atoms with E-state index in [2.05, 4.69) is 0 Å². The molecule has 4 heteroatoms. The van der Waals surface area contributed by atoms with Crippen LogP contribution in [-0.2, 0) is 10.8 Å². The lowest BCUT2D eigenvalue weighted by Crippen LogP contribution is -2.47. The molecule has 4 N–H and O–H groups in total. The number of rotatable bonds is 4. The summed E-state index contributed by atoms with van der Waals surface area (Å²) in [7, 11) is 0. The van der Waals surface area contributed by atoms with Crippen molar-refractivity contribution < 1.29 is 20.4 Å². The summed E-state index contributed by atoms with van der Waals surface area (Å²) in [6, 6.07) is 29.0. The molecule has 4 aromatic rings. The molecule has 0 aliphatic heterocycles. The smallest absolute Gasteiger partial charge is 0.119 e. The van der Waals surface area contributed by atoms with Crippen LogP contribution in [-0.4, -0.2) is 20.4 Å². The maximum absolute atomic E-state index is 11.1. The first-order valence-corrected chi connectivity index (χ1v) is 11.1. The highest BCUT2D eigenvalue weighted by molar-refractivity contribution is 5.62. The van der Waals surface area contributed by atoms with Crippen LogP contribution in [0.5, 0.6) is 23.0 Å². The Morgan fingerprint density at radius 1 is 0.455 bits per heavy atom. The van der Waals surface area contributed by atoms with E-state index in [1.54, 1.807) is 48.5 Å². The van der Waals surface area contributed by atoms with E-state index in [-0.39, 0.29) is 23.0 Å². The van der Waals surface area contributed by atoms with Crippen LogP contribution in [0.1, 0.15) is 41.5 Å². The Morgan fingerprint density at radius 3 is 1.27 bits per heavy atom. The molecule has 4 nitrogen and oxygen atoms in total. The van der Waals surface area contributed by atoms with Crippen molar-refractivity contribution in [1.29, 1.82) is 0 Å². The van der Waals surface area contributed by atoms with Gasteiger partial charge in [-0.25, -0.2) is 0 Å². The van der Waals surface area contributed by atoms with Gasteiger partial charge >= 0.3 is 0 Å².